The van der Waals surface area contributed by atoms with E-state index >= 15 is 0 Å². The molecule has 0 aromatic heterocycles. The molecule has 1 aliphatic carbocycles. The Morgan fingerprint density at radius 2 is 1.71 bits per heavy atom. The van der Waals surface area contributed by atoms with Gasteiger partial charge in [-0.1, -0.05) is 6.07 Å². The molecule has 164 valence electrons. The molecule has 0 bridgehead atoms. The first-order chi connectivity index (χ1) is 14.9. The molecule has 0 amide bonds. The number of ether oxygens (including phenoxy) is 6. The zero-order valence-electron chi connectivity index (χ0n) is 18.4. The number of methoxy groups -OCH3 is 2. The first kappa shape index (κ1) is 19.2. The smallest absolute Gasteiger partial charge is 0.231 e. The molecule has 7 nitrogen and oxygen atoms in total. The van der Waals surface area contributed by atoms with E-state index in [9.17, 15) is 0 Å². The number of hydrogen-bond acceptors (Lipinski definition) is 7. The second-order valence-electron chi connectivity index (χ2n) is 9.11. The second kappa shape index (κ2) is 6.51. The summed E-state index contributed by atoms with van der Waals surface area (Å²) in [4.78, 5) is 2.36. The maximum atomic E-state index is 6.54. The Morgan fingerprint density at radius 3 is 2.42 bits per heavy atom. The molecule has 4 aliphatic rings. The van der Waals surface area contributed by atoms with Crippen LogP contribution in [0, 0.1) is 0 Å². The van der Waals surface area contributed by atoms with Gasteiger partial charge in [0.2, 0.25) is 6.79 Å². The highest BCUT2D eigenvalue weighted by atomic mass is 16.8. The predicted octanol–water partition coefficient (Wildman–Crippen LogP) is 3.91. The van der Waals surface area contributed by atoms with Crippen molar-refractivity contribution in [3.8, 4) is 23.0 Å². The van der Waals surface area contributed by atoms with E-state index in [4.69, 9.17) is 28.4 Å². The van der Waals surface area contributed by atoms with E-state index in [0.717, 1.165) is 40.7 Å². The lowest BCUT2D eigenvalue weighted by Crippen LogP contribution is -2.44. The first-order valence-corrected chi connectivity index (χ1v) is 10.6. The van der Waals surface area contributed by atoms with Crippen molar-refractivity contribution in [3.05, 3.63) is 46.5 Å². The number of benzene rings is 2. The van der Waals surface area contributed by atoms with Crippen LogP contribution in [0.25, 0.3) is 0 Å². The maximum Gasteiger partial charge on any atom is 0.231 e. The van der Waals surface area contributed by atoms with Gasteiger partial charge in [0.05, 0.1) is 14.2 Å². The molecule has 2 aromatic rings. The van der Waals surface area contributed by atoms with Crippen LogP contribution >= 0.6 is 0 Å². The van der Waals surface area contributed by atoms with E-state index in [1.165, 1.54) is 11.1 Å². The molecule has 6 rings (SSSR count). The SMILES string of the molecule is COc1ccc2c(c1OC)CN(C)[C@@H]1c3cc4c(cc3[C@@H]3OC(C)(C)O[C@@H]3[C@H]21)OCO4. The van der Waals surface area contributed by atoms with E-state index in [2.05, 4.69) is 30.1 Å². The molecule has 3 heterocycles. The van der Waals surface area contributed by atoms with Crippen molar-refractivity contribution in [3.63, 3.8) is 0 Å². The highest BCUT2D eigenvalue weighted by molar-refractivity contribution is 5.58. The molecule has 7 heteroatoms. The topological polar surface area (TPSA) is 58.6 Å². The number of hydrogen-bond donors (Lipinski definition) is 0. The molecule has 3 aliphatic heterocycles. The van der Waals surface area contributed by atoms with E-state index in [1.54, 1.807) is 14.2 Å². The van der Waals surface area contributed by atoms with E-state index in [-0.39, 0.29) is 31.0 Å². The highest BCUT2D eigenvalue weighted by Gasteiger charge is 2.56. The molecule has 1 fully saturated rings. The van der Waals surface area contributed by atoms with Crippen molar-refractivity contribution in [1.82, 2.24) is 4.90 Å². The Kier molecular flexibility index (Phi) is 4.04. The minimum atomic E-state index is -0.676. The van der Waals surface area contributed by atoms with Crippen molar-refractivity contribution in [2.24, 2.45) is 0 Å². The molecule has 2 aromatic carbocycles. The maximum absolute atomic E-state index is 6.54. The largest absolute Gasteiger partial charge is 0.493 e. The summed E-state index contributed by atoms with van der Waals surface area (Å²) in [5.74, 6) is 2.50. The summed E-state index contributed by atoms with van der Waals surface area (Å²) >= 11 is 0. The quantitative estimate of drug-likeness (QED) is 0.723. The molecule has 0 saturated carbocycles. The van der Waals surface area contributed by atoms with Crippen molar-refractivity contribution >= 4 is 0 Å². The van der Waals surface area contributed by atoms with Gasteiger partial charge in [0, 0.05) is 24.1 Å². The van der Waals surface area contributed by atoms with Crippen molar-refractivity contribution in [2.75, 3.05) is 28.1 Å². The Labute approximate surface area is 181 Å². The Bertz CT molecular complexity index is 1070. The van der Waals surface area contributed by atoms with Crippen LogP contribution in [-0.4, -0.2) is 44.9 Å². The first-order valence-electron chi connectivity index (χ1n) is 10.6. The second-order valence-corrected chi connectivity index (χ2v) is 9.11. The van der Waals surface area contributed by atoms with Crippen LogP contribution in [0.15, 0.2) is 24.3 Å². The van der Waals surface area contributed by atoms with Gasteiger partial charge in [-0.15, -0.1) is 0 Å². The van der Waals surface area contributed by atoms with Crippen LogP contribution < -0.4 is 18.9 Å². The van der Waals surface area contributed by atoms with Crippen LogP contribution in [0.3, 0.4) is 0 Å². The molecular formula is C24H27NO6. The van der Waals surface area contributed by atoms with Gasteiger partial charge in [-0.2, -0.15) is 0 Å². The zero-order valence-corrected chi connectivity index (χ0v) is 18.4. The van der Waals surface area contributed by atoms with Gasteiger partial charge in [0.15, 0.2) is 28.8 Å². The summed E-state index contributed by atoms with van der Waals surface area (Å²) in [5, 5.41) is 0. The van der Waals surface area contributed by atoms with Gasteiger partial charge < -0.3 is 28.4 Å². The fraction of sp³-hybridized carbons (Fsp3) is 0.500. The Morgan fingerprint density at radius 1 is 0.968 bits per heavy atom. The van der Waals surface area contributed by atoms with Crippen molar-refractivity contribution in [1.29, 1.82) is 0 Å². The summed E-state index contributed by atoms with van der Waals surface area (Å²) < 4.78 is 35.7. The molecule has 0 N–H and O–H groups in total. The Balaban J connectivity index is 1.58. The van der Waals surface area contributed by atoms with Crippen LogP contribution in [0.1, 0.15) is 54.2 Å². The third-order valence-corrected chi connectivity index (χ3v) is 6.95. The summed E-state index contributed by atoms with van der Waals surface area (Å²) in [6.45, 7) is 4.95. The molecule has 0 spiro atoms. The molecule has 0 radical (unpaired) electrons. The van der Waals surface area contributed by atoms with Crippen LogP contribution in [-0.2, 0) is 16.0 Å². The number of nitrogens with zero attached hydrogens (tertiary/aromatic N) is 1. The van der Waals surface area contributed by atoms with Crippen LogP contribution in [0.2, 0.25) is 0 Å². The molecule has 0 unspecified atom stereocenters. The molecular weight excluding hydrogens is 398 g/mol. The minimum absolute atomic E-state index is 0.0770. The molecule has 4 atom stereocenters. The van der Waals surface area contributed by atoms with Gasteiger partial charge in [-0.25, -0.2) is 0 Å². The van der Waals surface area contributed by atoms with Gasteiger partial charge in [0.25, 0.3) is 0 Å². The number of fused-ring (bicyclic) bond motifs is 9. The lowest BCUT2D eigenvalue weighted by molar-refractivity contribution is -0.149. The van der Waals surface area contributed by atoms with E-state index < -0.39 is 5.79 Å². The van der Waals surface area contributed by atoms with E-state index in [1.807, 2.05) is 19.9 Å². The van der Waals surface area contributed by atoms with Gasteiger partial charge in [0.1, 0.15) is 12.2 Å². The van der Waals surface area contributed by atoms with Crippen LogP contribution in [0.5, 0.6) is 23.0 Å². The zero-order chi connectivity index (χ0) is 21.5. The average Bonchev–Trinajstić information content (AvgIpc) is 3.33. The standard InChI is InChI=1S/C24H27NO6/c1-24(2)30-22-14-9-18-17(28-11-29-18)8-13(14)20-19(23(22)31-24)12-6-7-16(26-4)21(27-5)15(12)10-25(20)3/h6-9,19-20,22-23H,10-11H2,1-5H3/t19-,20-,22+,23-/m1/s1. The van der Waals surface area contributed by atoms with Gasteiger partial charge in [-0.3, -0.25) is 4.90 Å². The summed E-state index contributed by atoms with van der Waals surface area (Å²) in [6, 6.07) is 8.47. The number of likely N-dealkylation sites (N-methyl/N-ethyl adjacent to an activating group) is 1. The monoisotopic (exact) mass is 425 g/mol. The third kappa shape index (κ3) is 2.63. The van der Waals surface area contributed by atoms with Crippen LogP contribution in [0.4, 0.5) is 0 Å². The fourth-order valence-corrected chi connectivity index (χ4v) is 5.83. The summed E-state index contributed by atoms with van der Waals surface area (Å²) in [5.41, 5.74) is 4.69. The fourth-order valence-electron chi connectivity index (χ4n) is 5.83. The third-order valence-electron chi connectivity index (χ3n) is 6.95. The highest BCUT2D eigenvalue weighted by Crippen LogP contribution is 2.60. The normalized spacial score (nSPS) is 29.6. The van der Waals surface area contributed by atoms with Gasteiger partial charge >= 0.3 is 0 Å². The number of rotatable bonds is 2. The molecule has 1 saturated heterocycles. The minimum Gasteiger partial charge on any atom is -0.493 e. The lowest BCUT2D eigenvalue weighted by atomic mass is 9.69. The molecule has 31 heavy (non-hydrogen) atoms. The van der Waals surface area contributed by atoms with Crippen molar-refractivity contribution < 1.29 is 28.4 Å². The Hall–Kier alpha value is -2.48. The van der Waals surface area contributed by atoms with Crippen molar-refractivity contribution in [2.45, 2.75) is 50.3 Å². The average molecular weight is 425 g/mol. The lowest BCUT2D eigenvalue weighted by Gasteiger charge is -2.48. The predicted molar refractivity (Wildman–Crippen MR) is 112 cm³/mol. The van der Waals surface area contributed by atoms with Gasteiger partial charge in [-0.05, 0) is 55.8 Å². The summed E-state index contributed by atoms with van der Waals surface area (Å²) in [6.07, 6.45) is -0.319. The van der Waals surface area contributed by atoms with E-state index in [0.29, 0.717) is 0 Å². The summed E-state index contributed by atoms with van der Waals surface area (Å²) in [7, 11) is 5.52.